The summed E-state index contributed by atoms with van der Waals surface area (Å²) in [4.78, 5) is 0. The Morgan fingerprint density at radius 2 is 1.76 bits per heavy atom. The van der Waals surface area contributed by atoms with E-state index in [0.717, 1.165) is 38.9 Å². The maximum Gasteiger partial charge on any atom is 0.157 e. The number of halogens is 1. The molecule has 166 valence electrons. The van der Waals surface area contributed by atoms with E-state index in [-0.39, 0.29) is 6.29 Å². The Labute approximate surface area is 194 Å². The van der Waals surface area contributed by atoms with Gasteiger partial charge >= 0.3 is 0 Å². The van der Waals surface area contributed by atoms with E-state index in [1.165, 1.54) is 79.8 Å². The van der Waals surface area contributed by atoms with Crippen LogP contribution < -0.4 is 0 Å². The highest BCUT2D eigenvalue weighted by Crippen LogP contribution is 2.21. The molecule has 1 saturated heterocycles. The van der Waals surface area contributed by atoms with Gasteiger partial charge in [-0.25, -0.2) is 0 Å². The summed E-state index contributed by atoms with van der Waals surface area (Å²) in [7, 11) is 0. The van der Waals surface area contributed by atoms with E-state index in [0.29, 0.717) is 0 Å². The van der Waals surface area contributed by atoms with Crippen LogP contribution in [0.3, 0.4) is 0 Å². The number of rotatable bonds is 15. The SMILES string of the molecule is CCCCCC/C(I)=C/C(=C/C#CCCCOC1CCCCO1)CCCCCC. The van der Waals surface area contributed by atoms with E-state index in [4.69, 9.17) is 9.47 Å². The predicted octanol–water partition coefficient (Wildman–Crippen LogP) is 8.50. The van der Waals surface area contributed by atoms with E-state index in [2.05, 4.69) is 60.4 Å². The van der Waals surface area contributed by atoms with Crippen molar-refractivity contribution in [2.75, 3.05) is 13.2 Å². The van der Waals surface area contributed by atoms with Gasteiger partial charge in [-0.05, 0) is 95.3 Å². The molecule has 0 aliphatic carbocycles. The minimum Gasteiger partial charge on any atom is -0.353 e. The summed E-state index contributed by atoms with van der Waals surface area (Å²) in [5.74, 6) is 6.61. The van der Waals surface area contributed by atoms with Gasteiger partial charge in [0.25, 0.3) is 0 Å². The molecule has 0 aromatic heterocycles. The molecule has 3 heteroatoms. The zero-order valence-corrected chi connectivity index (χ0v) is 21.1. The lowest BCUT2D eigenvalue weighted by molar-refractivity contribution is -0.162. The van der Waals surface area contributed by atoms with Gasteiger partial charge in [-0.2, -0.15) is 0 Å². The van der Waals surface area contributed by atoms with Gasteiger partial charge in [-0.15, -0.1) is 0 Å². The predicted molar refractivity (Wildman–Crippen MR) is 134 cm³/mol. The molecule has 1 aliphatic heterocycles. The van der Waals surface area contributed by atoms with Crippen molar-refractivity contribution in [3.05, 3.63) is 21.3 Å². The molecule has 0 radical (unpaired) electrons. The molecule has 1 fully saturated rings. The lowest BCUT2D eigenvalue weighted by Gasteiger charge is -2.22. The van der Waals surface area contributed by atoms with Gasteiger partial charge in [-0.3, -0.25) is 0 Å². The number of hydrogen-bond acceptors (Lipinski definition) is 2. The fraction of sp³-hybridized carbons (Fsp3) is 0.769. The quantitative estimate of drug-likeness (QED) is 0.0944. The molecule has 1 aliphatic rings. The van der Waals surface area contributed by atoms with Crippen LogP contribution in [-0.4, -0.2) is 19.5 Å². The summed E-state index contributed by atoms with van der Waals surface area (Å²) < 4.78 is 12.8. The van der Waals surface area contributed by atoms with E-state index in [1.807, 2.05) is 0 Å². The van der Waals surface area contributed by atoms with Crippen molar-refractivity contribution in [3.8, 4) is 11.8 Å². The highest BCUT2D eigenvalue weighted by atomic mass is 127. The zero-order valence-electron chi connectivity index (χ0n) is 18.9. The van der Waals surface area contributed by atoms with Gasteiger partial charge in [0.15, 0.2) is 6.29 Å². The van der Waals surface area contributed by atoms with Gasteiger partial charge in [0, 0.05) is 13.0 Å². The maximum absolute atomic E-state index is 5.78. The average molecular weight is 515 g/mol. The number of ether oxygens (including phenoxy) is 2. The van der Waals surface area contributed by atoms with Gasteiger partial charge in [0.05, 0.1) is 6.61 Å². The third-order valence-electron chi connectivity index (χ3n) is 5.18. The summed E-state index contributed by atoms with van der Waals surface area (Å²) >= 11 is 2.52. The van der Waals surface area contributed by atoms with Crippen LogP contribution in [0, 0.1) is 11.8 Å². The second-order valence-corrected chi connectivity index (χ2v) is 9.41. The van der Waals surface area contributed by atoms with Crippen molar-refractivity contribution < 1.29 is 9.47 Å². The van der Waals surface area contributed by atoms with Crippen LogP contribution in [0.4, 0.5) is 0 Å². The van der Waals surface area contributed by atoms with Gasteiger partial charge in [-0.1, -0.05) is 64.2 Å². The van der Waals surface area contributed by atoms with Crippen LogP contribution in [0.15, 0.2) is 21.3 Å². The molecule has 1 heterocycles. The zero-order chi connectivity index (χ0) is 21.0. The number of allylic oxidation sites excluding steroid dienone is 4. The van der Waals surface area contributed by atoms with Gasteiger partial charge < -0.3 is 9.47 Å². The standard InChI is InChI=1S/C26H43IO2/c1-3-5-7-11-17-24(23-25(27)19-13-8-6-4-2)18-12-9-10-15-21-28-26-20-14-16-22-29-26/h18,23,26H,3-8,10-11,13-17,19-22H2,1-2H3/b24-18+,25-23-. The Morgan fingerprint density at radius 3 is 2.45 bits per heavy atom. The third kappa shape index (κ3) is 16.1. The van der Waals surface area contributed by atoms with E-state index < -0.39 is 0 Å². The molecule has 0 aromatic carbocycles. The van der Waals surface area contributed by atoms with Crippen LogP contribution in [-0.2, 0) is 9.47 Å². The highest BCUT2D eigenvalue weighted by molar-refractivity contribution is 14.1. The lowest BCUT2D eigenvalue weighted by atomic mass is 10.0. The maximum atomic E-state index is 5.78. The Hall–Kier alpha value is -0.310. The number of hydrogen-bond donors (Lipinski definition) is 0. The molecule has 1 atom stereocenters. The molecule has 0 saturated carbocycles. The normalized spacial score (nSPS) is 17.8. The van der Waals surface area contributed by atoms with E-state index in [1.54, 1.807) is 0 Å². The molecule has 1 rings (SSSR count). The molecule has 0 spiro atoms. The molecule has 1 unspecified atom stereocenters. The minimum absolute atomic E-state index is 0.0240. The van der Waals surface area contributed by atoms with Gasteiger partial charge in [0.1, 0.15) is 0 Å². The lowest BCUT2D eigenvalue weighted by Crippen LogP contribution is -2.22. The third-order valence-corrected chi connectivity index (χ3v) is 6.03. The number of unbranched alkanes of at least 4 members (excludes halogenated alkanes) is 7. The Balaban J connectivity index is 2.38. The Bertz CT molecular complexity index is 507. The minimum atomic E-state index is 0.0240. The highest BCUT2D eigenvalue weighted by Gasteiger charge is 2.12. The van der Waals surface area contributed by atoms with Crippen molar-refractivity contribution in [3.63, 3.8) is 0 Å². The molecule has 29 heavy (non-hydrogen) atoms. The van der Waals surface area contributed by atoms with Crippen molar-refractivity contribution in [1.29, 1.82) is 0 Å². The molecule has 0 N–H and O–H groups in total. The van der Waals surface area contributed by atoms with E-state index in [9.17, 15) is 0 Å². The Morgan fingerprint density at radius 1 is 1.00 bits per heavy atom. The Kier molecular flexibility index (Phi) is 18.1. The van der Waals surface area contributed by atoms with Crippen molar-refractivity contribution in [2.45, 2.75) is 116 Å². The van der Waals surface area contributed by atoms with Crippen LogP contribution in [0.5, 0.6) is 0 Å². The molecular weight excluding hydrogens is 471 g/mol. The van der Waals surface area contributed by atoms with Gasteiger partial charge in [0.2, 0.25) is 0 Å². The van der Waals surface area contributed by atoms with Crippen molar-refractivity contribution in [1.82, 2.24) is 0 Å². The second kappa shape index (κ2) is 19.6. The first-order valence-electron chi connectivity index (χ1n) is 12.0. The first-order chi connectivity index (χ1) is 14.3. The van der Waals surface area contributed by atoms with Crippen molar-refractivity contribution >= 4 is 22.6 Å². The smallest absolute Gasteiger partial charge is 0.157 e. The fourth-order valence-electron chi connectivity index (χ4n) is 3.37. The molecular formula is C26H43IO2. The topological polar surface area (TPSA) is 18.5 Å². The summed E-state index contributed by atoms with van der Waals surface area (Å²) in [6.07, 6.45) is 22.8. The van der Waals surface area contributed by atoms with Crippen molar-refractivity contribution in [2.24, 2.45) is 0 Å². The van der Waals surface area contributed by atoms with Crippen LogP contribution in [0.25, 0.3) is 0 Å². The summed E-state index contributed by atoms with van der Waals surface area (Å²) in [6, 6.07) is 0. The summed E-state index contributed by atoms with van der Waals surface area (Å²) in [5, 5.41) is 0. The van der Waals surface area contributed by atoms with Crippen LogP contribution >= 0.6 is 22.6 Å². The monoisotopic (exact) mass is 514 g/mol. The van der Waals surface area contributed by atoms with E-state index >= 15 is 0 Å². The molecule has 0 amide bonds. The van der Waals surface area contributed by atoms with Crippen LogP contribution in [0.1, 0.15) is 110 Å². The second-order valence-electron chi connectivity index (χ2n) is 8.02. The molecule has 0 aromatic rings. The molecule has 2 nitrogen and oxygen atoms in total. The largest absolute Gasteiger partial charge is 0.353 e. The first kappa shape index (κ1) is 26.7. The first-order valence-corrected chi connectivity index (χ1v) is 13.1. The van der Waals surface area contributed by atoms with Crippen LogP contribution in [0.2, 0.25) is 0 Å². The average Bonchev–Trinajstić information content (AvgIpc) is 2.74. The molecule has 0 bridgehead atoms. The summed E-state index contributed by atoms with van der Waals surface area (Å²) in [6.45, 7) is 6.14. The fourth-order valence-corrected chi connectivity index (χ4v) is 4.15. The summed E-state index contributed by atoms with van der Waals surface area (Å²) in [5.41, 5.74) is 1.40.